The van der Waals surface area contributed by atoms with Crippen LogP contribution in [-0.2, 0) is 19.1 Å². The lowest BCUT2D eigenvalue weighted by molar-refractivity contribution is -0.174. The Balaban J connectivity index is 4.19. The van der Waals surface area contributed by atoms with Crippen molar-refractivity contribution in [2.45, 2.75) is 12.5 Å². The Morgan fingerprint density at radius 1 is 1.55 bits per heavy atom. The molecular formula is C6H13NO4. The lowest BCUT2D eigenvalue weighted by Gasteiger charge is -2.22. The second-order valence-corrected chi connectivity index (χ2v) is 2.27. The molecule has 11 heavy (non-hydrogen) atoms. The summed E-state index contributed by atoms with van der Waals surface area (Å²) in [6, 6.07) is 0. The zero-order valence-corrected chi connectivity index (χ0v) is 6.92. The number of nitrogens with two attached hydrogens (primary N) is 1. The summed E-state index contributed by atoms with van der Waals surface area (Å²) >= 11 is 0. The Kier molecular flexibility index (Phi) is 4.02. The van der Waals surface area contributed by atoms with Crippen LogP contribution in [0.2, 0.25) is 0 Å². The second-order valence-electron chi connectivity index (χ2n) is 2.27. The molecule has 0 fully saturated rings. The van der Waals surface area contributed by atoms with Crippen LogP contribution in [0.3, 0.4) is 0 Å². The summed E-state index contributed by atoms with van der Waals surface area (Å²) in [7, 11) is 2.70. The first-order valence-electron chi connectivity index (χ1n) is 3.06. The Bertz CT molecular complexity index is 139. The van der Waals surface area contributed by atoms with Gasteiger partial charge in [0.15, 0.2) is 0 Å². The van der Waals surface area contributed by atoms with E-state index in [1.54, 1.807) is 0 Å². The van der Waals surface area contributed by atoms with E-state index in [2.05, 4.69) is 9.57 Å². The van der Waals surface area contributed by atoms with Gasteiger partial charge in [-0.15, -0.1) is 0 Å². The van der Waals surface area contributed by atoms with Crippen LogP contribution in [0.1, 0.15) is 6.92 Å². The van der Waals surface area contributed by atoms with E-state index in [4.69, 9.17) is 10.6 Å². The number of rotatable bonds is 4. The molecule has 0 saturated heterocycles. The lowest BCUT2D eigenvalue weighted by Crippen LogP contribution is -2.45. The summed E-state index contributed by atoms with van der Waals surface area (Å²) in [6.07, 6.45) is 0. The number of carbonyl (C=O) groups is 1. The molecule has 5 nitrogen and oxygen atoms in total. The molecule has 0 spiro atoms. The van der Waals surface area contributed by atoms with Crippen molar-refractivity contribution in [3.05, 3.63) is 0 Å². The van der Waals surface area contributed by atoms with E-state index >= 15 is 0 Å². The van der Waals surface area contributed by atoms with Gasteiger partial charge in [0.1, 0.15) is 0 Å². The average molecular weight is 163 g/mol. The highest BCUT2D eigenvalue weighted by Gasteiger charge is 2.35. The normalized spacial score (nSPS) is 15.6. The highest BCUT2D eigenvalue weighted by atomic mass is 16.7. The van der Waals surface area contributed by atoms with E-state index in [0.29, 0.717) is 0 Å². The molecular weight excluding hydrogens is 150 g/mol. The number of hydrogen-bond donors (Lipinski definition) is 1. The maximum atomic E-state index is 10.9. The minimum absolute atomic E-state index is 0.0656. The fourth-order valence-corrected chi connectivity index (χ4v) is 0.632. The largest absolute Gasteiger partial charge is 0.467 e. The van der Waals surface area contributed by atoms with Gasteiger partial charge in [0, 0.05) is 7.11 Å². The standard InChI is InChI=1S/C6H13NO4/c1-6(11-7,4-9-2)5(8)10-3/h4,7H2,1-3H3/t6-/m1/s1. The van der Waals surface area contributed by atoms with Crippen molar-refractivity contribution in [3.63, 3.8) is 0 Å². The van der Waals surface area contributed by atoms with Gasteiger partial charge in [-0.05, 0) is 6.92 Å². The Morgan fingerprint density at radius 3 is 2.36 bits per heavy atom. The van der Waals surface area contributed by atoms with Crippen LogP contribution in [0.25, 0.3) is 0 Å². The number of carbonyl (C=O) groups excluding carboxylic acids is 1. The summed E-state index contributed by atoms with van der Waals surface area (Å²) in [4.78, 5) is 15.4. The van der Waals surface area contributed by atoms with Crippen molar-refractivity contribution < 1.29 is 19.1 Å². The summed E-state index contributed by atoms with van der Waals surface area (Å²) in [5.74, 6) is 4.33. The van der Waals surface area contributed by atoms with Crippen LogP contribution in [0.4, 0.5) is 0 Å². The van der Waals surface area contributed by atoms with E-state index in [1.165, 1.54) is 21.1 Å². The average Bonchev–Trinajstić information content (AvgIpc) is 2.03. The van der Waals surface area contributed by atoms with Crippen LogP contribution in [-0.4, -0.2) is 32.4 Å². The molecule has 0 aromatic rings. The monoisotopic (exact) mass is 163 g/mol. The first kappa shape index (κ1) is 10.3. The maximum absolute atomic E-state index is 10.9. The van der Waals surface area contributed by atoms with E-state index in [1.807, 2.05) is 0 Å². The maximum Gasteiger partial charge on any atom is 0.342 e. The number of methoxy groups -OCH3 is 2. The van der Waals surface area contributed by atoms with E-state index in [-0.39, 0.29) is 6.61 Å². The van der Waals surface area contributed by atoms with Gasteiger partial charge in [0.2, 0.25) is 5.60 Å². The number of ether oxygens (including phenoxy) is 2. The fourth-order valence-electron chi connectivity index (χ4n) is 0.632. The van der Waals surface area contributed by atoms with Gasteiger partial charge < -0.3 is 9.47 Å². The molecule has 2 N–H and O–H groups in total. The Hall–Kier alpha value is -0.650. The summed E-state index contributed by atoms with van der Waals surface area (Å²) < 4.78 is 9.15. The quantitative estimate of drug-likeness (QED) is 0.445. The smallest absolute Gasteiger partial charge is 0.342 e. The minimum Gasteiger partial charge on any atom is -0.467 e. The second kappa shape index (κ2) is 4.27. The number of hydrogen-bond acceptors (Lipinski definition) is 5. The molecule has 5 heteroatoms. The molecule has 0 bridgehead atoms. The summed E-state index contributed by atoms with van der Waals surface area (Å²) in [5, 5.41) is 0. The summed E-state index contributed by atoms with van der Waals surface area (Å²) in [5.41, 5.74) is -1.20. The zero-order valence-electron chi connectivity index (χ0n) is 6.92. The first-order valence-corrected chi connectivity index (χ1v) is 3.06. The molecule has 0 aromatic heterocycles. The van der Waals surface area contributed by atoms with Crippen molar-refractivity contribution in [2.75, 3.05) is 20.8 Å². The van der Waals surface area contributed by atoms with E-state index in [9.17, 15) is 4.79 Å². The van der Waals surface area contributed by atoms with Crippen molar-refractivity contribution in [1.82, 2.24) is 0 Å². The van der Waals surface area contributed by atoms with Gasteiger partial charge in [0.05, 0.1) is 13.7 Å². The fraction of sp³-hybridized carbons (Fsp3) is 0.833. The van der Waals surface area contributed by atoms with Crippen LogP contribution in [0.5, 0.6) is 0 Å². The van der Waals surface area contributed by atoms with Crippen molar-refractivity contribution >= 4 is 5.97 Å². The third kappa shape index (κ3) is 2.45. The van der Waals surface area contributed by atoms with Gasteiger partial charge in [-0.1, -0.05) is 0 Å². The molecule has 0 unspecified atom stereocenters. The van der Waals surface area contributed by atoms with Crippen molar-refractivity contribution in [3.8, 4) is 0 Å². The van der Waals surface area contributed by atoms with Crippen molar-refractivity contribution in [1.29, 1.82) is 0 Å². The SMILES string of the molecule is COC[C@@](C)(ON)C(=O)OC. The van der Waals surface area contributed by atoms with Gasteiger partial charge in [-0.3, -0.25) is 4.84 Å². The van der Waals surface area contributed by atoms with Gasteiger partial charge >= 0.3 is 5.97 Å². The van der Waals surface area contributed by atoms with Crippen LogP contribution in [0.15, 0.2) is 0 Å². The van der Waals surface area contributed by atoms with Crippen molar-refractivity contribution in [2.24, 2.45) is 5.90 Å². The van der Waals surface area contributed by atoms with Gasteiger partial charge in [-0.2, -0.15) is 0 Å². The molecule has 0 amide bonds. The van der Waals surface area contributed by atoms with Crippen LogP contribution in [0, 0.1) is 0 Å². The van der Waals surface area contributed by atoms with Gasteiger partial charge in [0.25, 0.3) is 0 Å². The lowest BCUT2D eigenvalue weighted by atomic mass is 10.1. The Labute approximate surface area is 65.4 Å². The topological polar surface area (TPSA) is 70.8 Å². The molecule has 0 rings (SSSR count). The third-order valence-corrected chi connectivity index (χ3v) is 1.30. The van der Waals surface area contributed by atoms with E-state index < -0.39 is 11.6 Å². The molecule has 0 aromatic carbocycles. The minimum atomic E-state index is -1.20. The zero-order chi connectivity index (χ0) is 8.91. The predicted molar refractivity (Wildman–Crippen MR) is 37.6 cm³/mol. The number of esters is 1. The molecule has 0 radical (unpaired) electrons. The summed E-state index contributed by atoms with van der Waals surface area (Å²) in [6.45, 7) is 1.55. The predicted octanol–water partition coefficient (Wildman–Crippen LogP) is -0.545. The van der Waals surface area contributed by atoms with Crippen LogP contribution < -0.4 is 5.90 Å². The first-order chi connectivity index (χ1) is 5.10. The molecule has 0 aliphatic heterocycles. The molecule has 0 aliphatic carbocycles. The molecule has 0 saturated carbocycles. The Morgan fingerprint density at radius 2 is 2.09 bits per heavy atom. The van der Waals surface area contributed by atoms with Crippen LogP contribution >= 0.6 is 0 Å². The highest BCUT2D eigenvalue weighted by Crippen LogP contribution is 2.09. The van der Waals surface area contributed by atoms with Gasteiger partial charge in [-0.25, -0.2) is 10.7 Å². The molecule has 1 atom stereocenters. The molecule has 66 valence electrons. The van der Waals surface area contributed by atoms with E-state index in [0.717, 1.165) is 0 Å². The highest BCUT2D eigenvalue weighted by molar-refractivity contribution is 5.79. The third-order valence-electron chi connectivity index (χ3n) is 1.30. The molecule has 0 heterocycles. The molecule has 0 aliphatic rings.